The number of hydrogen-bond donors (Lipinski definition) is 3. The van der Waals surface area contributed by atoms with Crippen LogP contribution in [0.3, 0.4) is 0 Å². The van der Waals surface area contributed by atoms with Crippen LogP contribution in [0, 0.1) is 17.7 Å². The number of carbonyl (C=O) groups is 4. The van der Waals surface area contributed by atoms with E-state index in [-0.39, 0.29) is 46.7 Å². The summed E-state index contributed by atoms with van der Waals surface area (Å²) in [6, 6.07) is 14.4. The van der Waals surface area contributed by atoms with E-state index in [4.69, 9.17) is 27.9 Å². The molecule has 2 bridgehead atoms. The lowest BCUT2D eigenvalue weighted by Gasteiger charge is -2.45. The number of nitrogens with one attached hydrogen (secondary N) is 2. The Morgan fingerprint density at radius 1 is 1.00 bits per heavy atom. The number of hydrogen-bond acceptors (Lipinski definition) is 8. The number of fused-ring (bicyclic) bond motifs is 2. The van der Waals surface area contributed by atoms with Crippen molar-refractivity contribution < 1.29 is 33.4 Å². The summed E-state index contributed by atoms with van der Waals surface area (Å²) in [7, 11) is 4.02. The largest absolute Gasteiger partial charge is 0.457 e. The predicted molar refractivity (Wildman–Crippen MR) is 248 cm³/mol. The summed E-state index contributed by atoms with van der Waals surface area (Å²) in [5, 5.41) is 16.9. The molecule has 1 aliphatic carbocycles. The molecular weight excluding hydrogens is 872 g/mol. The molecule has 4 aromatic rings. The second-order valence-electron chi connectivity index (χ2n) is 19.1. The Hall–Kier alpha value is -5.02. The highest BCUT2D eigenvalue weighted by Crippen LogP contribution is 2.39. The average molecular weight is 933 g/mol. The minimum absolute atomic E-state index is 0.0270. The maximum atomic E-state index is 16.2. The van der Waals surface area contributed by atoms with Crippen LogP contribution in [0.4, 0.5) is 4.39 Å². The van der Waals surface area contributed by atoms with Gasteiger partial charge in [0.15, 0.2) is 0 Å². The molecule has 3 aromatic carbocycles. The number of amides is 4. The number of rotatable bonds is 12. The maximum Gasteiger partial charge on any atom is 0.245 e. The molecule has 3 fully saturated rings. The van der Waals surface area contributed by atoms with Gasteiger partial charge in [0.25, 0.3) is 0 Å². The summed E-state index contributed by atoms with van der Waals surface area (Å²) in [6.45, 7) is 8.00. The molecule has 2 saturated heterocycles. The first-order valence-corrected chi connectivity index (χ1v) is 23.1. The Bertz CT molecular complexity index is 2390. The van der Waals surface area contributed by atoms with E-state index in [1.807, 2.05) is 42.1 Å². The maximum absolute atomic E-state index is 16.2. The third-order valence-electron chi connectivity index (χ3n) is 13.2. The molecule has 3 aliphatic rings. The number of aliphatic hydroxyl groups excluding tert-OH is 1. The first-order chi connectivity index (χ1) is 30.8. The fourth-order valence-electron chi connectivity index (χ4n) is 8.76. The van der Waals surface area contributed by atoms with Gasteiger partial charge in [-0.15, -0.1) is 0 Å². The molecule has 0 unspecified atom stereocenters. The number of carbonyl (C=O) groups excluding carboxylic acids is 4. The van der Waals surface area contributed by atoms with Crippen molar-refractivity contribution in [3.05, 3.63) is 99.7 Å². The minimum Gasteiger partial charge on any atom is -0.457 e. The number of ether oxygens (including phenoxy) is 1. The van der Waals surface area contributed by atoms with Crippen molar-refractivity contribution in [2.24, 2.45) is 18.9 Å². The van der Waals surface area contributed by atoms with E-state index in [1.54, 1.807) is 29.2 Å². The molecule has 1 aromatic heterocycles. The van der Waals surface area contributed by atoms with Gasteiger partial charge in [-0.1, -0.05) is 48.2 Å². The summed E-state index contributed by atoms with van der Waals surface area (Å²) in [5.41, 5.74) is 1.65. The molecule has 0 radical (unpaired) electrons. The number of imidazole rings is 1. The number of aliphatic hydroxyl groups is 1. The summed E-state index contributed by atoms with van der Waals surface area (Å²) < 4.78 is 24.6. The summed E-state index contributed by atoms with van der Waals surface area (Å²) in [6.07, 6.45) is 5.43. The average Bonchev–Trinajstić information content (AvgIpc) is 4.01. The zero-order valence-corrected chi connectivity index (χ0v) is 39.5. The van der Waals surface area contributed by atoms with Crippen LogP contribution in [-0.4, -0.2) is 103 Å². The second-order valence-corrected chi connectivity index (χ2v) is 20.0. The van der Waals surface area contributed by atoms with Crippen molar-refractivity contribution in [1.82, 2.24) is 34.9 Å². The Morgan fingerprint density at radius 3 is 2.37 bits per heavy atom. The topological polar surface area (TPSA) is 149 Å². The molecule has 0 spiro atoms. The zero-order chi connectivity index (χ0) is 46.8. The number of piperidine rings is 1. The van der Waals surface area contributed by atoms with E-state index in [9.17, 15) is 24.3 Å². The first kappa shape index (κ1) is 47.9. The molecule has 3 N–H and O–H groups in total. The zero-order valence-electron chi connectivity index (χ0n) is 38.0. The van der Waals surface area contributed by atoms with Crippen molar-refractivity contribution in [2.45, 2.75) is 109 Å². The Balaban J connectivity index is 1.17. The van der Waals surface area contributed by atoms with Crippen LogP contribution in [0.1, 0.15) is 83.2 Å². The minimum atomic E-state index is -1.39. The number of halogens is 3. The second kappa shape index (κ2) is 19.8. The number of aromatic nitrogens is 2. The van der Waals surface area contributed by atoms with E-state index in [2.05, 4.69) is 48.3 Å². The molecule has 7 rings (SSSR count). The normalized spacial score (nSPS) is 22.5. The van der Waals surface area contributed by atoms with E-state index in [0.717, 1.165) is 41.6 Å². The van der Waals surface area contributed by atoms with E-state index >= 15 is 4.39 Å². The highest BCUT2D eigenvalue weighted by molar-refractivity contribution is 6.31. The Labute approximate surface area is 390 Å². The standard InChI is InChI=1S/C49H60Cl2FN7O6/c1-30-45(62)54-40(28-60)46(63)55-49(24-32-10-14-35(50)15-11-32)18-7-19-58(29-49)47(64)34(20-31-8-9-31)21-44(61)59(30)26-38-39(52)22-36(51)23-42(38)65-37-16-12-33(13-17-37)41-25-53-43(57(41)6)27-56(5)48(2,3)4/h10-17,22-23,25,30-31,34,40,60H,7-9,18-21,24,26-29H2,1-6H3,(H,54,62)(H,55,63)/t30-,34+,40-,49+/m0/s1. The summed E-state index contributed by atoms with van der Waals surface area (Å²) in [5.74, 6) is -2.07. The van der Waals surface area contributed by atoms with E-state index in [1.165, 1.54) is 17.9 Å². The van der Waals surface area contributed by atoms with E-state index in [0.29, 0.717) is 49.5 Å². The third-order valence-corrected chi connectivity index (χ3v) is 13.7. The molecule has 65 heavy (non-hydrogen) atoms. The van der Waals surface area contributed by atoms with Gasteiger partial charge in [0.05, 0.1) is 37.1 Å². The fraction of sp³-hybridized carbons (Fsp3) is 0.490. The van der Waals surface area contributed by atoms with Crippen molar-refractivity contribution in [1.29, 1.82) is 0 Å². The van der Waals surface area contributed by atoms with Crippen molar-refractivity contribution in [3.63, 3.8) is 0 Å². The molecule has 3 heterocycles. The van der Waals surface area contributed by atoms with Crippen molar-refractivity contribution in [2.75, 3.05) is 26.7 Å². The highest BCUT2D eigenvalue weighted by atomic mass is 35.5. The van der Waals surface area contributed by atoms with Crippen LogP contribution < -0.4 is 15.4 Å². The number of nitrogens with zero attached hydrogens (tertiary/aromatic N) is 5. The number of benzene rings is 3. The predicted octanol–water partition coefficient (Wildman–Crippen LogP) is 7.29. The Morgan fingerprint density at radius 2 is 1.71 bits per heavy atom. The molecule has 4 atom stereocenters. The van der Waals surface area contributed by atoms with Crippen LogP contribution in [0.5, 0.6) is 11.5 Å². The molecular formula is C49H60Cl2FN7O6. The van der Waals surface area contributed by atoms with Gasteiger partial charge in [0.2, 0.25) is 23.6 Å². The molecule has 13 nitrogen and oxygen atoms in total. The van der Waals surface area contributed by atoms with Crippen molar-refractivity contribution in [3.8, 4) is 22.8 Å². The Kier molecular flexibility index (Phi) is 14.6. The third kappa shape index (κ3) is 11.5. The van der Waals surface area contributed by atoms with Gasteiger partial charge >= 0.3 is 0 Å². The lowest BCUT2D eigenvalue weighted by Crippen LogP contribution is -2.65. The smallest absolute Gasteiger partial charge is 0.245 e. The lowest BCUT2D eigenvalue weighted by atomic mass is 9.81. The molecule has 4 amide bonds. The van der Waals surface area contributed by atoms with Gasteiger partial charge in [0, 0.05) is 59.2 Å². The van der Waals surface area contributed by atoms with Crippen LogP contribution in [-0.2, 0) is 45.7 Å². The fourth-order valence-corrected chi connectivity index (χ4v) is 9.08. The van der Waals surface area contributed by atoms with Gasteiger partial charge in [-0.25, -0.2) is 9.37 Å². The van der Waals surface area contributed by atoms with Crippen molar-refractivity contribution >= 4 is 46.8 Å². The van der Waals surface area contributed by atoms with E-state index < -0.39 is 60.2 Å². The van der Waals surface area contributed by atoms with Crippen LogP contribution in [0.15, 0.2) is 66.9 Å². The SMILES string of the molecule is C[C@H]1C(=O)N[C@@H](CO)C(=O)N[C@@]2(Cc3ccc(Cl)cc3)CCCN(C2)C(=O)[C@H](CC2CC2)CC(=O)N1Cc1c(F)cc(Cl)cc1Oc1ccc(-c2cnc(CN(C)C(C)(C)C)n2C)cc1. The van der Waals surface area contributed by atoms with Crippen LogP contribution >= 0.6 is 23.2 Å². The molecule has 2 aliphatic heterocycles. The van der Waals surface area contributed by atoms with Gasteiger partial charge in [-0.3, -0.25) is 24.1 Å². The summed E-state index contributed by atoms with van der Waals surface area (Å²) in [4.78, 5) is 67.4. The highest BCUT2D eigenvalue weighted by Gasteiger charge is 2.44. The molecule has 16 heteroatoms. The molecule has 1 saturated carbocycles. The van der Waals surface area contributed by atoms with Crippen LogP contribution in [0.2, 0.25) is 10.0 Å². The molecule has 348 valence electrons. The lowest BCUT2D eigenvalue weighted by molar-refractivity contribution is -0.148. The summed E-state index contributed by atoms with van der Waals surface area (Å²) >= 11 is 12.6. The van der Waals surface area contributed by atoms with Gasteiger partial charge in [-0.05, 0) is 120 Å². The van der Waals surface area contributed by atoms with Gasteiger partial charge in [-0.2, -0.15) is 0 Å². The van der Waals surface area contributed by atoms with Gasteiger partial charge in [0.1, 0.15) is 35.2 Å². The quantitative estimate of drug-likeness (QED) is 0.134. The van der Waals surface area contributed by atoms with Gasteiger partial charge < -0.3 is 34.8 Å². The monoisotopic (exact) mass is 931 g/mol. The first-order valence-electron chi connectivity index (χ1n) is 22.4. The van der Waals surface area contributed by atoms with Crippen LogP contribution in [0.25, 0.3) is 11.3 Å².